The fourth-order valence-electron chi connectivity index (χ4n) is 1.51. The van der Waals surface area contributed by atoms with Gasteiger partial charge >= 0.3 is 0 Å². The third-order valence-corrected chi connectivity index (χ3v) is 2.77. The molecule has 4 N–H and O–H groups in total. The van der Waals surface area contributed by atoms with E-state index < -0.39 is 28.8 Å². The number of carbonyl (C=O) groups is 2. The number of nitrogens with zero attached hydrogens (tertiary/aromatic N) is 1. The van der Waals surface area contributed by atoms with E-state index in [9.17, 15) is 19.7 Å². The molecule has 0 aromatic heterocycles. The Labute approximate surface area is 114 Å². The fraction of sp³-hybridized carbons (Fsp3) is 0.333. The second kappa shape index (κ2) is 6.62. The van der Waals surface area contributed by atoms with E-state index in [0.717, 1.165) is 0 Å². The van der Waals surface area contributed by atoms with Crippen LogP contribution in [0.1, 0.15) is 18.4 Å². The van der Waals surface area contributed by atoms with E-state index >= 15 is 0 Å². The molecule has 1 aromatic rings. The van der Waals surface area contributed by atoms with Gasteiger partial charge in [-0.15, -0.1) is 0 Å². The Morgan fingerprint density at radius 2 is 2.15 bits per heavy atom. The number of nitro benzene ring substituents is 1. The summed E-state index contributed by atoms with van der Waals surface area (Å²) < 4.78 is 0. The molecule has 108 valence electrons. The van der Waals surface area contributed by atoms with Gasteiger partial charge in [0.2, 0.25) is 11.8 Å². The molecule has 0 radical (unpaired) electrons. The molecular formula is C12H15N3O5. The second-order valence-corrected chi connectivity index (χ2v) is 4.24. The van der Waals surface area contributed by atoms with E-state index in [0.29, 0.717) is 5.56 Å². The second-order valence-electron chi connectivity index (χ2n) is 4.24. The van der Waals surface area contributed by atoms with Crippen molar-refractivity contribution >= 4 is 17.5 Å². The standard InChI is InChI=1S/C12H15N3O5/c1-7(12(18)14-6-10(16)11(13)17)8-3-2-4-9(5-8)15(19)20/h2-5,7,10,16H,6H2,1H3,(H2,13,17)(H,14,18). The molecule has 20 heavy (non-hydrogen) atoms. The number of hydrogen-bond donors (Lipinski definition) is 3. The first-order chi connectivity index (χ1) is 9.32. The highest BCUT2D eigenvalue weighted by atomic mass is 16.6. The number of primary amides is 1. The number of nitrogens with two attached hydrogens (primary N) is 1. The van der Waals surface area contributed by atoms with Crippen LogP contribution in [0, 0.1) is 10.1 Å². The van der Waals surface area contributed by atoms with Crippen LogP contribution in [0.15, 0.2) is 24.3 Å². The monoisotopic (exact) mass is 281 g/mol. The molecule has 0 aliphatic carbocycles. The Morgan fingerprint density at radius 1 is 1.50 bits per heavy atom. The van der Waals surface area contributed by atoms with Crippen LogP contribution in [0.5, 0.6) is 0 Å². The minimum absolute atomic E-state index is 0.112. The van der Waals surface area contributed by atoms with E-state index in [1.165, 1.54) is 18.2 Å². The third kappa shape index (κ3) is 4.02. The van der Waals surface area contributed by atoms with Crippen LogP contribution in [0.25, 0.3) is 0 Å². The normalized spacial score (nSPS) is 13.3. The smallest absolute Gasteiger partial charge is 0.269 e. The molecule has 2 amide bonds. The van der Waals surface area contributed by atoms with Crippen molar-refractivity contribution in [2.45, 2.75) is 18.9 Å². The lowest BCUT2D eigenvalue weighted by molar-refractivity contribution is -0.384. The van der Waals surface area contributed by atoms with Gasteiger partial charge in [0.1, 0.15) is 6.10 Å². The Morgan fingerprint density at radius 3 is 2.70 bits per heavy atom. The van der Waals surface area contributed by atoms with Gasteiger partial charge in [0, 0.05) is 12.1 Å². The molecule has 0 saturated heterocycles. The number of benzene rings is 1. The van der Waals surface area contributed by atoms with Gasteiger partial charge in [-0.25, -0.2) is 0 Å². The SMILES string of the molecule is CC(C(=O)NCC(O)C(N)=O)c1cccc([N+](=O)[O-])c1. The third-order valence-electron chi connectivity index (χ3n) is 2.77. The summed E-state index contributed by atoms with van der Waals surface area (Å²) in [4.78, 5) is 32.5. The van der Waals surface area contributed by atoms with Gasteiger partial charge in [0.15, 0.2) is 0 Å². The topological polar surface area (TPSA) is 136 Å². The van der Waals surface area contributed by atoms with E-state index in [1.54, 1.807) is 13.0 Å². The molecule has 0 aliphatic rings. The summed E-state index contributed by atoms with van der Waals surface area (Å²) >= 11 is 0. The van der Waals surface area contributed by atoms with Crippen molar-refractivity contribution in [3.8, 4) is 0 Å². The van der Waals surface area contributed by atoms with Gasteiger partial charge < -0.3 is 16.2 Å². The first kappa shape index (κ1) is 15.6. The summed E-state index contributed by atoms with van der Waals surface area (Å²) in [5.41, 5.74) is 5.20. The molecule has 0 bridgehead atoms. The maximum Gasteiger partial charge on any atom is 0.269 e. The van der Waals surface area contributed by atoms with E-state index in [2.05, 4.69) is 5.32 Å². The highest BCUT2D eigenvalue weighted by molar-refractivity contribution is 5.84. The summed E-state index contributed by atoms with van der Waals surface area (Å²) in [6, 6.07) is 5.69. The number of non-ortho nitro benzene ring substituents is 1. The van der Waals surface area contributed by atoms with Crippen molar-refractivity contribution in [1.82, 2.24) is 5.32 Å². The van der Waals surface area contributed by atoms with Crippen molar-refractivity contribution in [1.29, 1.82) is 0 Å². The van der Waals surface area contributed by atoms with Gasteiger partial charge in [-0.2, -0.15) is 0 Å². The molecule has 8 heteroatoms. The predicted octanol–water partition coefficient (Wildman–Crippen LogP) is -0.339. The Hall–Kier alpha value is -2.48. The number of carbonyl (C=O) groups excluding carboxylic acids is 2. The van der Waals surface area contributed by atoms with Crippen LogP contribution in [0.2, 0.25) is 0 Å². The zero-order valence-corrected chi connectivity index (χ0v) is 10.8. The number of aliphatic hydroxyl groups is 1. The minimum atomic E-state index is -1.46. The van der Waals surface area contributed by atoms with E-state index in [1.807, 2.05) is 0 Å². The first-order valence-corrected chi connectivity index (χ1v) is 5.82. The molecule has 1 aromatic carbocycles. The van der Waals surface area contributed by atoms with E-state index in [-0.39, 0.29) is 12.2 Å². The van der Waals surface area contributed by atoms with Gasteiger partial charge in [0.05, 0.1) is 17.4 Å². The first-order valence-electron chi connectivity index (χ1n) is 5.82. The number of rotatable bonds is 6. The van der Waals surface area contributed by atoms with Gasteiger partial charge in [-0.3, -0.25) is 19.7 Å². The van der Waals surface area contributed by atoms with Crippen LogP contribution in [-0.4, -0.2) is 34.5 Å². The summed E-state index contributed by atoms with van der Waals surface area (Å²) in [5, 5.41) is 22.2. The average Bonchev–Trinajstić information content (AvgIpc) is 2.43. The summed E-state index contributed by atoms with van der Waals surface area (Å²) in [6.07, 6.45) is -1.46. The quantitative estimate of drug-likeness (QED) is 0.484. The Kier molecular flexibility index (Phi) is 5.15. The molecule has 8 nitrogen and oxygen atoms in total. The van der Waals surface area contributed by atoms with Gasteiger partial charge in [-0.05, 0) is 12.5 Å². The maximum atomic E-state index is 11.8. The molecule has 2 atom stereocenters. The molecule has 0 heterocycles. The lowest BCUT2D eigenvalue weighted by Gasteiger charge is -2.13. The maximum absolute atomic E-state index is 11.8. The van der Waals surface area contributed by atoms with Gasteiger partial charge in [0.25, 0.3) is 5.69 Å². The van der Waals surface area contributed by atoms with Crippen molar-refractivity contribution in [3.63, 3.8) is 0 Å². The van der Waals surface area contributed by atoms with Crippen LogP contribution < -0.4 is 11.1 Å². The highest BCUT2D eigenvalue weighted by Crippen LogP contribution is 2.20. The Bertz CT molecular complexity index is 532. The Balaban J connectivity index is 2.71. The molecular weight excluding hydrogens is 266 g/mol. The summed E-state index contributed by atoms with van der Waals surface area (Å²) in [7, 11) is 0. The van der Waals surface area contributed by atoms with Crippen LogP contribution >= 0.6 is 0 Å². The highest BCUT2D eigenvalue weighted by Gasteiger charge is 2.19. The lowest BCUT2D eigenvalue weighted by Crippen LogP contribution is -2.41. The van der Waals surface area contributed by atoms with Crippen LogP contribution in [-0.2, 0) is 9.59 Å². The van der Waals surface area contributed by atoms with E-state index in [4.69, 9.17) is 10.8 Å². The molecule has 1 rings (SSSR count). The molecule has 0 aliphatic heterocycles. The number of hydrogen-bond acceptors (Lipinski definition) is 5. The number of nitrogens with one attached hydrogen (secondary N) is 1. The number of aliphatic hydroxyl groups excluding tert-OH is 1. The number of amides is 2. The average molecular weight is 281 g/mol. The molecule has 0 spiro atoms. The van der Waals surface area contributed by atoms with Crippen LogP contribution in [0.3, 0.4) is 0 Å². The zero-order chi connectivity index (χ0) is 15.3. The molecule has 0 saturated carbocycles. The van der Waals surface area contributed by atoms with Crippen LogP contribution in [0.4, 0.5) is 5.69 Å². The molecule has 2 unspecified atom stereocenters. The van der Waals surface area contributed by atoms with Gasteiger partial charge in [-0.1, -0.05) is 12.1 Å². The van der Waals surface area contributed by atoms with Crippen molar-refractivity contribution in [2.75, 3.05) is 6.54 Å². The zero-order valence-electron chi connectivity index (χ0n) is 10.8. The largest absolute Gasteiger partial charge is 0.381 e. The fourth-order valence-corrected chi connectivity index (χ4v) is 1.51. The van der Waals surface area contributed by atoms with Crippen molar-refractivity contribution in [3.05, 3.63) is 39.9 Å². The molecule has 0 fully saturated rings. The number of nitro groups is 1. The minimum Gasteiger partial charge on any atom is -0.381 e. The van der Waals surface area contributed by atoms with Crippen molar-refractivity contribution in [2.24, 2.45) is 5.73 Å². The predicted molar refractivity (Wildman–Crippen MR) is 69.7 cm³/mol. The van der Waals surface area contributed by atoms with Crippen molar-refractivity contribution < 1.29 is 19.6 Å². The summed E-state index contributed by atoms with van der Waals surface area (Å²) in [6.45, 7) is 1.26. The summed E-state index contributed by atoms with van der Waals surface area (Å²) in [5.74, 6) is -2.06. The lowest BCUT2D eigenvalue weighted by atomic mass is 10.00.